The van der Waals surface area contributed by atoms with Crippen molar-refractivity contribution < 1.29 is 4.74 Å². The van der Waals surface area contributed by atoms with E-state index in [4.69, 9.17) is 9.73 Å². The number of guanidine groups is 1. The van der Waals surface area contributed by atoms with Crippen LogP contribution in [-0.2, 0) is 4.74 Å². The van der Waals surface area contributed by atoms with Gasteiger partial charge in [0, 0.05) is 32.0 Å². The second kappa shape index (κ2) is 10.7. The second-order valence-corrected chi connectivity index (χ2v) is 8.01. The Kier molecular flexibility index (Phi) is 7.99. The zero-order valence-corrected chi connectivity index (χ0v) is 17.1. The van der Waals surface area contributed by atoms with E-state index in [1.165, 1.54) is 44.9 Å². The molecule has 0 amide bonds. The minimum Gasteiger partial charge on any atom is -0.376 e. The maximum atomic E-state index is 6.11. The van der Waals surface area contributed by atoms with Crippen molar-refractivity contribution in [3.8, 4) is 0 Å². The van der Waals surface area contributed by atoms with Gasteiger partial charge in [-0.15, -0.1) is 0 Å². The zero-order valence-electron chi connectivity index (χ0n) is 17.1. The Morgan fingerprint density at radius 1 is 1.22 bits per heavy atom. The largest absolute Gasteiger partial charge is 0.376 e. The van der Waals surface area contributed by atoms with Gasteiger partial charge in [-0.05, 0) is 32.1 Å². The van der Waals surface area contributed by atoms with Crippen LogP contribution in [0.2, 0.25) is 0 Å². The number of imidazole rings is 1. The van der Waals surface area contributed by atoms with Crippen LogP contribution in [0.3, 0.4) is 0 Å². The van der Waals surface area contributed by atoms with Gasteiger partial charge in [0.05, 0.1) is 31.6 Å². The van der Waals surface area contributed by atoms with Crippen molar-refractivity contribution in [2.45, 2.75) is 70.9 Å². The molecule has 1 aliphatic carbocycles. The third-order valence-electron chi connectivity index (χ3n) is 5.97. The molecule has 1 aromatic heterocycles. The molecule has 3 rings (SSSR count). The molecule has 1 saturated carbocycles. The van der Waals surface area contributed by atoms with E-state index >= 15 is 0 Å². The Balaban J connectivity index is 1.53. The van der Waals surface area contributed by atoms with Crippen LogP contribution in [0.15, 0.2) is 23.7 Å². The monoisotopic (exact) mass is 375 g/mol. The number of ether oxygens (including phenoxy) is 1. The molecule has 2 heterocycles. The molecule has 1 saturated heterocycles. The quantitative estimate of drug-likeness (QED) is 0.358. The standard InChI is InChI=1S/C21H37N5O/c1-3-23-21(24-12-15-27-19-8-6-4-5-7-9-19)25-13-10-18(2)20(16-25)26-14-11-22-17-26/h11,14,17-20H,3-10,12-13,15-16H2,1-2H3,(H,23,24). The number of hydrogen-bond acceptors (Lipinski definition) is 3. The van der Waals surface area contributed by atoms with E-state index in [0.29, 0.717) is 18.1 Å². The number of hydrogen-bond donors (Lipinski definition) is 1. The Morgan fingerprint density at radius 3 is 2.74 bits per heavy atom. The first-order valence-electron chi connectivity index (χ1n) is 10.9. The fourth-order valence-electron chi connectivity index (χ4n) is 4.30. The summed E-state index contributed by atoms with van der Waals surface area (Å²) >= 11 is 0. The molecule has 0 radical (unpaired) electrons. The summed E-state index contributed by atoms with van der Waals surface area (Å²) in [6.07, 6.45) is 15.3. The van der Waals surface area contributed by atoms with Crippen molar-refractivity contribution in [2.75, 3.05) is 32.8 Å². The van der Waals surface area contributed by atoms with Gasteiger partial charge >= 0.3 is 0 Å². The lowest BCUT2D eigenvalue weighted by molar-refractivity contribution is 0.0485. The van der Waals surface area contributed by atoms with Gasteiger partial charge in [-0.1, -0.05) is 32.6 Å². The average Bonchev–Trinajstić information content (AvgIpc) is 3.09. The fourth-order valence-corrected chi connectivity index (χ4v) is 4.30. The molecule has 0 spiro atoms. The number of rotatable bonds is 6. The molecule has 0 bridgehead atoms. The maximum Gasteiger partial charge on any atom is 0.194 e. The summed E-state index contributed by atoms with van der Waals surface area (Å²) in [5.74, 6) is 1.68. The van der Waals surface area contributed by atoms with Gasteiger partial charge in [-0.25, -0.2) is 4.98 Å². The SMILES string of the molecule is CCNC(=NCCOC1CCCCCC1)N1CCC(C)C(n2ccnc2)C1. The topological polar surface area (TPSA) is 54.7 Å². The minimum atomic E-state index is 0.451. The van der Waals surface area contributed by atoms with Crippen molar-refractivity contribution in [3.05, 3.63) is 18.7 Å². The van der Waals surface area contributed by atoms with Crippen molar-refractivity contribution in [1.29, 1.82) is 0 Å². The van der Waals surface area contributed by atoms with Gasteiger partial charge in [0.15, 0.2) is 5.96 Å². The van der Waals surface area contributed by atoms with Gasteiger partial charge < -0.3 is 19.5 Å². The van der Waals surface area contributed by atoms with Gasteiger partial charge in [-0.2, -0.15) is 0 Å². The molecule has 0 aromatic carbocycles. The van der Waals surface area contributed by atoms with Gasteiger partial charge in [-0.3, -0.25) is 4.99 Å². The third-order valence-corrected chi connectivity index (χ3v) is 5.97. The van der Waals surface area contributed by atoms with Crippen LogP contribution in [0.5, 0.6) is 0 Å². The van der Waals surface area contributed by atoms with Crippen molar-refractivity contribution >= 4 is 5.96 Å². The van der Waals surface area contributed by atoms with Crippen molar-refractivity contribution in [1.82, 2.24) is 19.8 Å². The van der Waals surface area contributed by atoms with Crippen LogP contribution in [0.1, 0.15) is 64.8 Å². The second-order valence-electron chi connectivity index (χ2n) is 8.01. The van der Waals surface area contributed by atoms with E-state index in [-0.39, 0.29) is 0 Å². The molecule has 1 aromatic rings. The van der Waals surface area contributed by atoms with Crippen LogP contribution in [-0.4, -0.2) is 59.3 Å². The summed E-state index contributed by atoms with van der Waals surface area (Å²) < 4.78 is 8.36. The lowest BCUT2D eigenvalue weighted by Crippen LogP contribution is -2.49. The molecule has 2 aliphatic rings. The van der Waals surface area contributed by atoms with Crippen molar-refractivity contribution in [2.24, 2.45) is 10.9 Å². The summed E-state index contributed by atoms with van der Waals surface area (Å²) in [6, 6.07) is 0.451. The first-order valence-corrected chi connectivity index (χ1v) is 10.9. The number of aromatic nitrogens is 2. The number of nitrogens with one attached hydrogen (secondary N) is 1. The molecular weight excluding hydrogens is 338 g/mol. The summed E-state index contributed by atoms with van der Waals surface area (Å²) in [7, 11) is 0. The minimum absolute atomic E-state index is 0.451. The molecule has 1 N–H and O–H groups in total. The Morgan fingerprint density at radius 2 is 2.04 bits per heavy atom. The lowest BCUT2D eigenvalue weighted by atomic mass is 9.93. The van der Waals surface area contributed by atoms with Crippen LogP contribution in [0.4, 0.5) is 0 Å². The van der Waals surface area contributed by atoms with E-state index in [1.807, 2.05) is 12.5 Å². The summed E-state index contributed by atoms with van der Waals surface area (Å²) in [5.41, 5.74) is 0. The molecule has 2 fully saturated rings. The average molecular weight is 376 g/mol. The molecule has 6 heteroatoms. The number of nitrogens with zero attached hydrogens (tertiary/aromatic N) is 4. The predicted molar refractivity (Wildman–Crippen MR) is 110 cm³/mol. The maximum absolute atomic E-state index is 6.11. The highest BCUT2D eigenvalue weighted by atomic mass is 16.5. The molecule has 1 aliphatic heterocycles. The van der Waals surface area contributed by atoms with E-state index in [1.54, 1.807) is 0 Å². The Bertz CT molecular complexity index is 551. The molecule has 152 valence electrons. The normalized spacial score (nSPS) is 25.4. The first kappa shape index (κ1) is 20.2. The van der Waals surface area contributed by atoms with Crippen LogP contribution < -0.4 is 5.32 Å². The van der Waals surface area contributed by atoms with E-state index in [0.717, 1.165) is 38.7 Å². The lowest BCUT2D eigenvalue weighted by Gasteiger charge is -2.39. The van der Waals surface area contributed by atoms with Crippen LogP contribution >= 0.6 is 0 Å². The molecule has 6 nitrogen and oxygen atoms in total. The highest BCUT2D eigenvalue weighted by Gasteiger charge is 2.28. The smallest absolute Gasteiger partial charge is 0.194 e. The van der Waals surface area contributed by atoms with E-state index in [2.05, 4.69) is 39.8 Å². The highest BCUT2D eigenvalue weighted by Crippen LogP contribution is 2.27. The van der Waals surface area contributed by atoms with Gasteiger partial charge in [0.1, 0.15) is 0 Å². The van der Waals surface area contributed by atoms with Gasteiger partial charge in [0.2, 0.25) is 0 Å². The Hall–Kier alpha value is -1.56. The molecular formula is C21H37N5O. The van der Waals surface area contributed by atoms with E-state index in [9.17, 15) is 0 Å². The number of piperidine rings is 1. The molecule has 2 unspecified atom stereocenters. The third kappa shape index (κ3) is 5.96. The van der Waals surface area contributed by atoms with Crippen LogP contribution in [0, 0.1) is 5.92 Å². The number of likely N-dealkylation sites (tertiary alicyclic amines) is 1. The first-order chi connectivity index (χ1) is 13.3. The highest BCUT2D eigenvalue weighted by molar-refractivity contribution is 5.80. The summed E-state index contributed by atoms with van der Waals surface area (Å²) in [6.45, 7) is 8.87. The molecule has 27 heavy (non-hydrogen) atoms. The molecule has 2 atom stereocenters. The van der Waals surface area contributed by atoms with Crippen LogP contribution in [0.25, 0.3) is 0 Å². The fraction of sp³-hybridized carbons (Fsp3) is 0.810. The predicted octanol–water partition coefficient (Wildman–Crippen LogP) is 3.47. The van der Waals surface area contributed by atoms with E-state index < -0.39 is 0 Å². The zero-order chi connectivity index (χ0) is 18.9. The summed E-state index contributed by atoms with van der Waals surface area (Å²) in [5, 5.41) is 3.48. The summed E-state index contributed by atoms with van der Waals surface area (Å²) in [4.78, 5) is 11.5. The van der Waals surface area contributed by atoms with Gasteiger partial charge in [0.25, 0.3) is 0 Å². The van der Waals surface area contributed by atoms with Crippen molar-refractivity contribution in [3.63, 3.8) is 0 Å². The number of aliphatic imine (C=N–C) groups is 1. The Labute approximate surface area is 164 Å².